The van der Waals surface area contributed by atoms with Crippen molar-refractivity contribution in [2.75, 3.05) is 6.54 Å². The molecule has 0 atom stereocenters. The SMILES string of the molecule is Cc1cccc2nc(CCCNC(C)C)oc12. The van der Waals surface area contributed by atoms with Gasteiger partial charge in [0.25, 0.3) is 0 Å². The Kier molecular flexibility index (Phi) is 3.79. The van der Waals surface area contributed by atoms with Gasteiger partial charge in [-0.3, -0.25) is 0 Å². The minimum atomic E-state index is 0.542. The summed E-state index contributed by atoms with van der Waals surface area (Å²) in [5.41, 5.74) is 3.05. The number of nitrogens with one attached hydrogen (secondary N) is 1. The summed E-state index contributed by atoms with van der Waals surface area (Å²) >= 11 is 0. The molecular weight excluding hydrogens is 212 g/mol. The highest BCUT2D eigenvalue weighted by atomic mass is 16.3. The molecule has 3 nitrogen and oxygen atoms in total. The Hall–Kier alpha value is -1.35. The van der Waals surface area contributed by atoms with Crippen molar-refractivity contribution < 1.29 is 4.42 Å². The van der Waals surface area contributed by atoms with Crippen LogP contribution in [-0.2, 0) is 6.42 Å². The average Bonchev–Trinajstić information content (AvgIpc) is 2.69. The zero-order valence-corrected chi connectivity index (χ0v) is 10.8. The molecule has 2 aromatic rings. The molecule has 0 saturated carbocycles. The number of hydrogen-bond donors (Lipinski definition) is 1. The molecule has 0 saturated heterocycles. The van der Waals surface area contributed by atoms with Crippen molar-refractivity contribution in [1.82, 2.24) is 10.3 Å². The van der Waals surface area contributed by atoms with E-state index in [1.54, 1.807) is 0 Å². The van der Waals surface area contributed by atoms with Crippen LogP contribution in [0.2, 0.25) is 0 Å². The first-order valence-electron chi connectivity index (χ1n) is 6.25. The fourth-order valence-electron chi connectivity index (χ4n) is 1.87. The number of aryl methyl sites for hydroxylation is 2. The molecule has 0 aliphatic heterocycles. The molecule has 0 spiro atoms. The molecule has 0 unspecified atom stereocenters. The van der Waals surface area contributed by atoms with Gasteiger partial charge < -0.3 is 9.73 Å². The first-order valence-corrected chi connectivity index (χ1v) is 6.25. The van der Waals surface area contributed by atoms with E-state index in [9.17, 15) is 0 Å². The maximum atomic E-state index is 5.77. The zero-order valence-electron chi connectivity index (χ0n) is 10.8. The van der Waals surface area contributed by atoms with Crippen molar-refractivity contribution >= 4 is 11.1 Å². The number of rotatable bonds is 5. The third kappa shape index (κ3) is 3.07. The van der Waals surface area contributed by atoms with E-state index in [-0.39, 0.29) is 0 Å². The lowest BCUT2D eigenvalue weighted by molar-refractivity contribution is 0.499. The highest BCUT2D eigenvalue weighted by molar-refractivity contribution is 5.75. The normalized spacial score (nSPS) is 11.5. The second-order valence-electron chi connectivity index (χ2n) is 4.74. The van der Waals surface area contributed by atoms with Crippen LogP contribution in [0.5, 0.6) is 0 Å². The van der Waals surface area contributed by atoms with Crippen LogP contribution >= 0.6 is 0 Å². The number of para-hydroxylation sites is 1. The first kappa shape index (κ1) is 12.1. The summed E-state index contributed by atoms with van der Waals surface area (Å²) in [5.74, 6) is 0.847. The lowest BCUT2D eigenvalue weighted by atomic mass is 10.2. The standard InChI is InChI=1S/C14H20N2O/c1-10(2)15-9-5-8-13-16-12-7-4-6-11(3)14(12)17-13/h4,6-7,10,15H,5,8-9H2,1-3H3. The first-order chi connectivity index (χ1) is 8.16. The van der Waals surface area contributed by atoms with E-state index in [1.807, 2.05) is 12.1 Å². The Bertz CT molecular complexity index is 488. The van der Waals surface area contributed by atoms with E-state index < -0.39 is 0 Å². The molecule has 0 fully saturated rings. The second kappa shape index (κ2) is 5.32. The molecule has 0 aliphatic carbocycles. The summed E-state index contributed by atoms with van der Waals surface area (Å²) in [6, 6.07) is 6.62. The molecule has 0 aliphatic rings. The van der Waals surface area contributed by atoms with Gasteiger partial charge in [0.05, 0.1) is 0 Å². The maximum Gasteiger partial charge on any atom is 0.195 e. The van der Waals surface area contributed by atoms with Crippen LogP contribution < -0.4 is 5.32 Å². The molecule has 0 radical (unpaired) electrons. The van der Waals surface area contributed by atoms with E-state index in [2.05, 4.69) is 37.1 Å². The lowest BCUT2D eigenvalue weighted by Crippen LogP contribution is -2.23. The summed E-state index contributed by atoms with van der Waals surface area (Å²) in [6.07, 6.45) is 1.96. The van der Waals surface area contributed by atoms with Crippen LogP contribution in [0.1, 0.15) is 31.7 Å². The maximum absolute atomic E-state index is 5.77. The van der Waals surface area contributed by atoms with Crippen LogP contribution in [-0.4, -0.2) is 17.6 Å². The summed E-state index contributed by atoms with van der Waals surface area (Å²) in [7, 11) is 0. The van der Waals surface area contributed by atoms with Crippen LogP contribution in [0.15, 0.2) is 22.6 Å². The summed E-state index contributed by atoms with van der Waals surface area (Å²) in [4.78, 5) is 4.50. The Morgan fingerprint density at radius 2 is 2.18 bits per heavy atom. The molecule has 2 rings (SSSR count). The molecule has 0 bridgehead atoms. The fourth-order valence-corrected chi connectivity index (χ4v) is 1.87. The topological polar surface area (TPSA) is 38.1 Å². The average molecular weight is 232 g/mol. The van der Waals surface area contributed by atoms with Gasteiger partial charge in [-0.1, -0.05) is 26.0 Å². The van der Waals surface area contributed by atoms with Gasteiger partial charge in [0.15, 0.2) is 11.5 Å². The summed E-state index contributed by atoms with van der Waals surface area (Å²) in [6.45, 7) is 7.37. The number of benzene rings is 1. The highest BCUT2D eigenvalue weighted by Crippen LogP contribution is 2.19. The molecule has 1 N–H and O–H groups in total. The van der Waals surface area contributed by atoms with E-state index in [0.717, 1.165) is 41.9 Å². The molecule has 3 heteroatoms. The number of nitrogens with zero attached hydrogens (tertiary/aromatic N) is 1. The predicted molar refractivity (Wildman–Crippen MR) is 70.2 cm³/mol. The Morgan fingerprint density at radius 3 is 2.88 bits per heavy atom. The molecule has 1 heterocycles. The molecule has 1 aromatic carbocycles. The second-order valence-corrected chi connectivity index (χ2v) is 4.74. The van der Waals surface area contributed by atoms with Gasteiger partial charge in [0.2, 0.25) is 0 Å². The van der Waals surface area contributed by atoms with Crippen molar-refractivity contribution in [3.05, 3.63) is 29.7 Å². The molecule has 0 amide bonds. The number of oxazole rings is 1. The van der Waals surface area contributed by atoms with Crippen LogP contribution in [0.25, 0.3) is 11.1 Å². The lowest BCUT2D eigenvalue weighted by Gasteiger charge is -2.05. The van der Waals surface area contributed by atoms with Crippen molar-refractivity contribution in [2.45, 2.75) is 39.7 Å². The van der Waals surface area contributed by atoms with Crippen LogP contribution in [0.4, 0.5) is 0 Å². The Labute approximate surface area is 102 Å². The van der Waals surface area contributed by atoms with Gasteiger partial charge in [-0.2, -0.15) is 0 Å². The number of aromatic nitrogens is 1. The highest BCUT2D eigenvalue weighted by Gasteiger charge is 2.06. The Balaban J connectivity index is 1.98. The van der Waals surface area contributed by atoms with Gasteiger partial charge in [0.1, 0.15) is 5.52 Å². The van der Waals surface area contributed by atoms with Crippen molar-refractivity contribution in [3.63, 3.8) is 0 Å². The minimum absolute atomic E-state index is 0.542. The Morgan fingerprint density at radius 1 is 1.35 bits per heavy atom. The van der Waals surface area contributed by atoms with Gasteiger partial charge in [-0.05, 0) is 31.5 Å². The third-order valence-corrected chi connectivity index (χ3v) is 2.78. The monoisotopic (exact) mass is 232 g/mol. The largest absolute Gasteiger partial charge is 0.440 e. The van der Waals surface area contributed by atoms with Gasteiger partial charge in [0, 0.05) is 12.5 Å². The number of fused-ring (bicyclic) bond motifs is 1. The molecule has 17 heavy (non-hydrogen) atoms. The number of hydrogen-bond acceptors (Lipinski definition) is 3. The van der Waals surface area contributed by atoms with E-state index in [4.69, 9.17) is 4.42 Å². The van der Waals surface area contributed by atoms with Crippen LogP contribution in [0, 0.1) is 6.92 Å². The minimum Gasteiger partial charge on any atom is -0.440 e. The summed E-state index contributed by atoms with van der Waals surface area (Å²) < 4.78 is 5.77. The van der Waals surface area contributed by atoms with Crippen LogP contribution in [0.3, 0.4) is 0 Å². The van der Waals surface area contributed by atoms with E-state index in [0.29, 0.717) is 6.04 Å². The van der Waals surface area contributed by atoms with Crippen molar-refractivity contribution in [1.29, 1.82) is 0 Å². The fraction of sp³-hybridized carbons (Fsp3) is 0.500. The third-order valence-electron chi connectivity index (χ3n) is 2.78. The summed E-state index contributed by atoms with van der Waals surface area (Å²) in [5, 5.41) is 3.39. The quantitative estimate of drug-likeness (QED) is 0.805. The van der Waals surface area contributed by atoms with Crippen molar-refractivity contribution in [2.24, 2.45) is 0 Å². The van der Waals surface area contributed by atoms with E-state index in [1.165, 1.54) is 0 Å². The van der Waals surface area contributed by atoms with Gasteiger partial charge in [-0.25, -0.2) is 4.98 Å². The van der Waals surface area contributed by atoms with Crippen molar-refractivity contribution in [3.8, 4) is 0 Å². The predicted octanol–water partition coefficient (Wildman–Crippen LogP) is 3.07. The molecule has 92 valence electrons. The zero-order chi connectivity index (χ0) is 12.3. The van der Waals surface area contributed by atoms with Gasteiger partial charge >= 0.3 is 0 Å². The molecular formula is C14H20N2O. The van der Waals surface area contributed by atoms with Gasteiger partial charge in [-0.15, -0.1) is 0 Å². The molecule has 1 aromatic heterocycles. The smallest absolute Gasteiger partial charge is 0.195 e. The van der Waals surface area contributed by atoms with E-state index >= 15 is 0 Å².